The first-order valence-electron chi connectivity index (χ1n) is 9.99. The minimum absolute atomic E-state index is 0.127. The first kappa shape index (κ1) is 18.1. The molecule has 2 aliphatic rings. The van der Waals surface area contributed by atoms with Crippen LogP contribution in [0.4, 0.5) is 5.69 Å². The van der Waals surface area contributed by atoms with Gasteiger partial charge in [0, 0.05) is 24.2 Å². The van der Waals surface area contributed by atoms with Gasteiger partial charge in [0.1, 0.15) is 12.4 Å². The SMILES string of the molecule is Cc1cc(OCc2ccccc2)ccc1NC(=O)CC1CC2CCC(C1)N2. The van der Waals surface area contributed by atoms with Crippen molar-refractivity contribution in [3.05, 3.63) is 59.7 Å². The Balaban J connectivity index is 1.30. The van der Waals surface area contributed by atoms with Gasteiger partial charge in [-0.25, -0.2) is 0 Å². The molecule has 0 spiro atoms. The highest BCUT2D eigenvalue weighted by molar-refractivity contribution is 5.91. The van der Waals surface area contributed by atoms with Gasteiger partial charge in [-0.3, -0.25) is 4.79 Å². The van der Waals surface area contributed by atoms with Crippen LogP contribution in [-0.4, -0.2) is 18.0 Å². The summed E-state index contributed by atoms with van der Waals surface area (Å²) >= 11 is 0. The normalized spacial score (nSPS) is 23.8. The average Bonchev–Trinajstić information content (AvgIpc) is 3.01. The molecule has 0 radical (unpaired) electrons. The predicted octanol–water partition coefficient (Wildman–Crippen LogP) is 4.43. The van der Waals surface area contributed by atoms with Gasteiger partial charge in [-0.2, -0.15) is 0 Å². The Labute approximate surface area is 161 Å². The topological polar surface area (TPSA) is 50.4 Å². The zero-order valence-electron chi connectivity index (χ0n) is 15.9. The smallest absolute Gasteiger partial charge is 0.224 e. The van der Waals surface area contributed by atoms with E-state index in [0.29, 0.717) is 31.0 Å². The van der Waals surface area contributed by atoms with Gasteiger partial charge < -0.3 is 15.4 Å². The highest BCUT2D eigenvalue weighted by atomic mass is 16.5. The number of aryl methyl sites for hydroxylation is 1. The van der Waals surface area contributed by atoms with Crippen molar-refractivity contribution in [3.63, 3.8) is 0 Å². The Bertz CT molecular complexity index is 778. The molecule has 0 saturated carbocycles. The molecule has 2 N–H and O–H groups in total. The number of hydrogen-bond acceptors (Lipinski definition) is 3. The van der Waals surface area contributed by atoms with Gasteiger partial charge in [-0.05, 0) is 67.9 Å². The maximum absolute atomic E-state index is 12.5. The molecule has 2 aliphatic heterocycles. The maximum Gasteiger partial charge on any atom is 0.224 e. The van der Waals surface area contributed by atoms with Crippen LogP contribution in [0, 0.1) is 12.8 Å². The van der Waals surface area contributed by atoms with Crippen molar-refractivity contribution in [2.24, 2.45) is 5.92 Å². The van der Waals surface area contributed by atoms with Gasteiger partial charge in [0.25, 0.3) is 0 Å². The lowest BCUT2D eigenvalue weighted by atomic mass is 9.89. The van der Waals surface area contributed by atoms with E-state index in [1.54, 1.807) is 0 Å². The summed E-state index contributed by atoms with van der Waals surface area (Å²) in [4.78, 5) is 12.5. The van der Waals surface area contributed by atoms with Crippen molar-refractivity contribution < 1.29 is 9.53 Å². The lowest BCUT2D eigenvalue weighted by Crippen LogP contribution is -2.39. The number of carbonyl (C=O) groups is 1. The quantitative estimate of drug-likeness (QED) is 0.797. The molecule has 4 rings (SSSR count). The zero-order chi connectivity index (χ0) is 18.6. The number of nitrogens with one attached hydrogen (secondary N) is 2. The summed E-state index contributed by atoms with van der Waals surface area (Å²) in [6, 6.07) is 17.2. The minimum atomic E-state index is 0.127. The molecule has 2 aromatic carbocycles. The van der Waals surface area contributed by atoms with E-state index < -0.39 is 0 Å². The summed E-state index contributed by atoms with van der Waals surface area (Å²) in [6.45, 7) is 2.56. The van der Waals surface area contributed by atoms with E-state index in [2.05, 4.69) is 22.8 Å². The van der Waals surface area contributed by atoms with Gasteiger partial charge in [0.05, 0.1) is 0 Å². The van der Waals surface area contributed by atoms with Gasteiger partial charge in [-0.15, -0.1) is 0 Å². The molecule has 1 amide bonds. The number of ether oxygens (including phenoxy) is 1. The molecule has 2 heterocycles. The highest BCUT2D eigenvalue weighted by Gasteiger charge is 2.34. The standard InChI is InChI=1S/C23H28N2O2/c1-16-11-21(27-15-17-5-3-2-4-6-17)9-10-22(16)25-23(26)14-18-12-19-7-8-20(13-18)24-19/h2-6,9-11,18-20,24H,7-8,12-15H2,1H3,(H,25,26). The fourth-order valence-electron chi connectivity index (χ4n) is 4.41. The lowest BCUT2D eigenvalue weighted by molar-refractivity contribution is -0.117. The zero-order valence-corrected chi connectivity index (χ0v) is 15.9. The molecule has 0 aromatic heterocycles. The molecular weight excluding hydrogens is 336 g/mol. The number of amides is 1. The molecule has 0 aliphatic carbocycles. The summed E-state index contributed by atoms with van der Waals surface area (Å²) in [5.41, 5.74) is 3.05. The van der Waals surface area contributed by atoms with Gasteiger partial charge in [0.2, 0.25) is 5.91 Å². The maximum atomic E-state index is 12.5. The van der Waals surface area contributed by atoms with Crippen molar-refractivity contribution in [1.29, 1.82) is 0 Å². The summed E-state index contributed by atoms with van der Waals surface area (Å²) in [6.07, 6.45) is 5.43. The predicted molar refractivity (Wildman–Crippen MR) is 108 cm³/mol. The van der Waals surface area contributed by atoms with Crippen molar-refractivity contribution in [1.82, 2.24) is 5.32 Å². The fourth-order valence-corrected chi connectivity index (χ4v) is 4.41. The summed E-state index contributed by atoms with van der Waals surface area (Å²) in [5, 5.41) is 6.73. The summed E-state index contributed by atoms with van der Waals surface area (Å²) < 4.78 is 5.87. The number of benzene rings is 2. The first-order chi connectivity index (χ1) is 13.2. The van der Waals surface area contributed by atoms with Crippen LogP contribution < -0.4 is 15.4 Å². The lowest BCUT2D eigenvalue weighted by Gasteiger charge is -2.28. The molecule has 27 heavy (non-hydrogen) atoms. The van der Waals surface area contributed by atoms with E-state index in [-0.39, 0.29) is 5.91 Å². The molecule has 2 saturated heterocycles. The number of fused-ring (bicyclic) bond motifs is 2. The van der Waals surface area contributed by atoms with E-state index in [9.17, 15) is 4.79 Å². The van der Waals surface area contributed by atoms with Crippen LogP contribution in [0.25, 0.3) is 0 Å². The van der Waals surface area contributed by atoms with Gasteiger partial charge >= 0.3 is 0 Å². The van der Waals surface area contributed by atoms with E-state index in [1.165, 1.54) is 12.8 Å². The first-order valence-corrected chi connectivity index (χ1v) is 9.99. The van der Waals surface area contributed by atoms with Crippen LogP contribution in [0.15, 0.2) is 48.5 Å². The van der Waals surface area contributed by atoms with E-state index >= 15 is 0 Å². The number of carbonyl (C=O) groups excluding carboxylic acids is 1. The Morgan fingerprint density at radius 1 is 1.11 bits per heavy atom. The number of hydrogen-bond donors (Lipinski definition) is 2. The van der Waals surface area contributed by atoms with Crippen molar-refractivity contribution in [2.45, 2.75) is 57.7 Å². The van der Waals surface area contributed by atoms with Crippen LogP contribution in [-0.2, 0) is 11.4 Å². The van der Waals surface area contributed by atoms with E-state index in [4.69, 9.17) is 4.74 Å². The molecule has 2 atom stereocenters. The third-order valence-electron chi connectivity index (χ3n) is 5.77. The molecular formula is C23H28N2O2. The molecule has 2 unspecified atom stereocenters. The van der Waals surface area contributed by atoms with Gasteiger partial charge in [-0.1, -0.05) is 30.3 Å². The molecule has 4 nitrogen and oxygen atoms in total. The average molecular weight is 364 g/mol. The third kappa shape index (κ3) is 4.69. The van der Waals surface area contributed by atoms with Crippen LogP contribution in [0.1, 0.15) is 43.2 Å². The molecule has 2 bridgehead atoms. The second-order valence-electron chi connectivity index (χ2n) is 7.98. The Hall–Kier alpha value is -2.33. The molecule has 2 aromatic rings. The van der Waals surface area contributed by atoms with Crippen LogP contribution in [0.3, 0.4) is 0 Å². The summed E-state index contributed by atoms with van der Waals surface area (Å²) in [5.74, 6) is 1.46. The Kier molecular flexibility index (Phi) is 5.44. The van der Waals surface area contributed by atoms with Crippen LogP contribution in [0.2, 0.25) is 0 Å². The molecule has 2 fully saturated rings. The Morgan fingerprint density at radius 2 is 1.85 bits per heavy atom. The molecule has 4 heteroatoms. The number of anilines is 1. The third-order valence-corrected chi connectivity index (χ3v) is 5.77. The van der Waals surface area contributed by atoms with Crippen LogP contribution in [0.5, 0.6) is 5.75 Å². The number of piperidine rings is 1. The van der Waals surface area contributed by atoms with E-state index in [0.717, 1.165) is 35.4 Å². The molecule has 142 valence electrons. The minimum Gasteiger partial charge on any atom is -0.489 e. The van der Waals surface area contributed by atoms with Crippen molar-refractivity contribution >= 4 is 11.6 Å². The summed E-state index contributed by atoms with van der Waals surface area (Å²) in [7, 11) is 0. The van der Waals surface area contributed by atoms with Crippen LogP contribution >= 0.6 is 0 Å². The van der Waals surface area contributed by atoms with Gasteiger partial charge in [0.15, 0.2) is 0 Å². The largest absolute Gasteiger partial charge is 0.489 e. The Morgan fingerprint density at radius 3 is 2.56 bits per heavy atom. The van der Waals surface area contributed by atoms with E-state index in [1.807, 2.05) is 43.3 Å². The van der Waals surface area contributed by atoms with Crippen molar-refractivity contribution in [3.8, 4) is 5.75 Å². The van der Waals surface area contributed by atoms with Crippen molar-refractivity contribution in [2.75, 3.05) is 5.32 Å². The second-order valence-corrected chi connectivity index (χ2v) is 7.98. The number of rotatable bonds is 6. The fraction of sp³-hybridized carbons (Fsp3) is 0.435. The second kappa shape index (κ2) is 8.13. The monoisotopic (exact) mass is 364 g/mol. The highest BCUT2D eigenvalue weighted by Crippen LogP contribution is 2.33.